The van der Waals surface area contributed by atoms with Crippen molar-refractivity contribution in [1.29, 1.82) is 0 Å². The maximum Gasteiger partial charge on any atom is 0.107 e. The summed E-state index contributed by atoms with van der Waals surface area (Å²) in [6.45, 7) is 3.07. The van der Waals surface area contributed by atoms with Crippen LogP contribution in [0.3, 0.4) is 0 Å². The molecule has 1 N–H and O–H groups in total. The van der Waals surface area contributed by atoms with Crippen molar-refractivity contribution >= 4 is 50.2 Å². The van der Waals surface area contributed by atoms with E-state index in [1.54, 1.807) is 22.7 Å². The van der Waals surface area contributed by atoms with Crippen LogP contribution in [0.4, 0.5) is 0 Å². The van der Waals surface area contributed by atoms with Gasteiger partial charge >= 0.3 is 0 Å². The highest BCUT2D eigenvalue weighted by atomic mass is 79.9. The molecular formula is C12H13BrClNS2. The Labute approximate surface area is 123 Å². The fourth-order valence-electron chi connectivity index (χ4n) is 1.64. The second-order valence-corrected chi connectivity index (χ2v) is 7.26. The van der Waals surface area contributed by atoms with Crippen LogP contribution in [0.2, 0.25) is 4.34 Å². The second-order valence-electron chi connectivity index (χ2n) is 3.69. The summed E-state index contributed by atoms with van der Waals surface area (Å²) < 4.78 is 1.82. The predicted molar refractivity (Wildman–Crippen MR) is 81.2 cm³/mol. The minimum Gasteiger partial charge on any atom is -0.304 e. The number of thiophene rings is 2. The van der Waals surface area contributed by atoms with Crippen molar-refractivity contribution in [2.75, 3.05) is 0 Å². The van der Waals surface area contributed by atoms with Gasteiger partial charge in [0.1, 0.15) is 4.34 Å². The third-order valence-corrected chi connectivity index (χ3v) is 5.97. The van der Waals surface area contributed by atoms with Gasteiger partial charge in [0.25, 0.3) is 0 Å². The Morgan fingerprint density at radius 2 is 2.35 bits per heavy atom. The van der Waals surface area contributed by atoms with Crippen LogP contribution in [0.15, 0.2) is 28.1 Å². The molecule has 0 aliphatic heterocycles. The Kier molecular flexibility index (Phi) is 5.06. The van der Waals surface area contributed by atoms with Crippen molar-refractivity contribution in [1.82, 2.24) is 5.32 Å². The highest BCUT2D eigenvalue weighted by Gasteiger charge is 2.11. The molecule has 0 saturated heterocycles. The monoisotopic (exact) mass is 349 g/mol. The first kappa shape index (κ1) is 13.6. The van der Waals surface area contributed by atoms with Gasteiger partial charge in [-0.2, -0.15) is 0 Å². The molecule has 2 heterocycles. The molecule has 0 radical (unpaired) electrons. The van der Waals surface area contributed by atoms with Crippen molar-refractivity contribution in [3.63, 3.8) is 0 Å². The molecule has 5 heteroatoms. The summed E-state index contributed by atoms with van der Waals surface area (Å²) >= 11 is 12.9. The van der Waals surface area contributed by atoms with Crippen molar-refractivity contribution < 1.29 is 0 Å². The first-order chi connectivity index (χ1) is 8.20. The molecule has 0 saturated carbocycles. The van der Waals surface area contributed by atoms with Gasteiger partial charge < -0.3 is 5.32 Å². The van der Waals surface area contributed by atoms with Gasteiger partial charge in [-0.3, -0.25) is 0 Å². The Bertz CT molecular complexity index is 447. The average molecular weight is 351 g/mol. The second kappa shape index (κ2) is 6.34. The van der Waals surface area contributed by atoms with E-state index in [0.717, 1.165) is 21.8 Å². The van der Waals surface area contributed by atoms with E-state index >= 15 is 0 Å². The van der Waals surface area contributed by atoms with Gasteiger partial charge in [0.15, 0.2) is 0 Å². The Hall–Kier alpha value is 0.130. The molecule has 1 atom stereocenters. The highest BCUT2D eigenvalue weighted by Crippen LogP contribution is 2.32. The van der Waals surface area contributed by atoms with Crippen molar-refractivity contribution in [3.8, 4) is 0 Å². The zero-order chi connectivity index (χ0) is 12.3. The lowest BCUT2D eigenvalue weighted by Gasteiger charge is -2.14. The van der Waals surface area contributed by atoms with Crippen molar-refractivity contribution in [2.45, 2.75) is 25.9 Å². The molecular weight excluding hydrogens is 338 g/mol. The fraction of sp³-hybridized carbons (Fsp3) is 0.333. The van der Waals surface area contributed by atoms with Gasteiger partial charge in [0.2, 0.25) is 0 Å². The predicted octanol–water partition coefficient (Wildman–Crippen LogP) is 5.47. The average Bonchev–Trinajstić information content (AvgIpc) is 2.92. The van der Waals surface area contributed by atoms with Crippen molar-refractivity contribution in [3.05, 3.63) is 42.1 Å². The molecule has 0 aliphatic rings. The summed E-state index contributed by atoms with van der Waals surface area (Å²) in [4.78, 5) is 2.66. The fourth-order valence-corrected chi connectivity index (χ4v) is 4.27. The van der Waals surface area contributed by atoms with Gasteiger partial charge in [0.05, 0.1) is 0 Å². The smallest absolute Gasteiger partial charge is 0.107 e. The lowest BCUT2D eigenvalue weighted by atomic mass is 10.2. The van der Waals surface area contributed by atoms with E-state index in [-0.39, 0.29) is 0 Å². The van der Waals surface area contributed by atoms with Gasteiger partial charge in [-0.05, 0) is 39.9 Å². The van der Waals surface area contributed by atoms with Crippen LogP contribution in [0.25, 0.3) is 0 Å². The molecule has 0 aliphatic carbocycles. The summed E-state index contributed by atoms with van der Waals surface area (Å²) in [5.74, 6) is 0. The molecule has 2 aromatic rings. The standard InChI is InChI=1S/C12H13BrClNS2/c1-2-10(11-4-3-5-16-11)15-7-8-6-9(13)12(14)17-8/h3-6,10,15H,2,7H2,1H3. The SMILES string of the molecule is CCC(NCc1cc(Br)c(Cl)s1)c1cccs1. The summed E-state index contributed by atoms with van der Waals surface area (Å²) in [6, 6.07) is 6.81. The summed E-state index contributed by atoms with van der Waals surface area (Å²) in [7, 11) is 0. The van der Waals surface area contributed by atoms with Gasteiger partial charge in [0, 0.05) is 26.8 Å². The van der Waals surface area contributed by atoms with Crippen molar-refractivity contribution in [2.24, 2.45) is 0 Å². The zero-order valence-electron chi connectivity index (χ0n) is 9.37. The van der Waals surface area contributed by atoms with Gasteiger partial charge in [-0.25, -0.2) is 0 Å². The molecule has 1 unspecified atom stereocenters. The van der Waals surface area contributed by atoms with E-state index in [0.29, 0.717) is 6.04 Å². The number of hydrogen-bond donors (Lipinski definition) is 1. The Balaban J connectivity index is 1.97. The third kappa shape index (κ3) is 3.55. The van der Waals surface area contributed by atoms with Crippen LogP contribution in [0.1, 0.15) is 29.1 Å². The van der Waals surface area contributed by atoms with Crippen LogP contribution in [-0.2, 0) is 6.54 Å². The summed E-state index contributed by atoms with van der Waals surface area (Å²) in [5.41, 5.74) is 0. The molecule has 0 fully saturated rings. The number of halogens is 2. The number of hydrogen-bond acceptors (Lipinski definition) is 3. The molecule has 2 rings (SSSR count). The van der Waals surface area contributed by atoms with E-state index in [9.17, 15) is 0 Å². The molecule has 1 nitrogen and oxygen atoms in total. The molecule has 0 spiro atoms. The first-order valence-electron chi connectivity index (χ1n) is 5.41. The lowest BCUT2D eigenvalue weighted by molar-refractivity contribution is 0.529. The highest BCUT2D eigenvalue weighted by molar-refractivity contribution is 9.10. The van der Waals surface area contributed by atoms with Crippen LogP contribution in [0.5, 0.6) is 0 Å². The molecule has 92 valence electrons. The summed E-state index contributed by atoms with van der Waals surface area (Å²) in [5, 5.41) is 5.69. The quantitative estimate of drug-likeness (QED) is 0.754. The van der Waals surface area contributed by atoms with Crippen LogP contribution < -0.4 is 5.32 Å². The van der Waals surface area contributed by atoms with Crippen LogP contribution >= 0.6 is 50.2 Å². The normalized spacial score (nSPS) is 12.9. The molecule has 17 heavy (non-hydrogen) atoms. The van der Waals surface area contributed by atoms with Crippen LogP contribution in [-0.4, -0.2) is 0 Å². The lowest BCUT2D eigenvalue weighted by Crippen LogP contribution is -2.18. The van der Waals surface area contributed by atoms with E-state index in [1.165, 1.54) is 9.75 Å². The van der Waals surface area contributed by atoms with Crippen LogP contribution in [0, 0.1) is 0 Å². The Morgan fingerprint density at radius 1 is 1.53 bits per heavy atom. The Morgan fingerprint density at radius 3 is 2.88 bits per heavy atom. The maximum atomic E-state index is 6.02. The maximum absolute atomic E-state index is 6.02. The number of nitrogens with one attached hydrogen (secondary N) is 1. The van der Waals surface area contributed by atoms with Gasteiger partial charge in [-0.15, -0.1) is 22.7 Å². The molecule has 0 aromatic carbocycles. The number of rotatable bonds is 5. The molecule has 2 aromatic heterocycles. The molecule has 0 amide bonds. The molecule has 0 bridgehead atoms. The zero-order valence-corrected chi connectivity index (χ0v) is 13.3. The van der Waals surface area contributed by atoms with Gasteiger partial charge in [-0.1, -0.05) is 24.6 Å². The summed E-state index contributed by atoms with van der Waals surface area (Å²) in [6.07, 6.45) is 1.10. The van der Waals surface area contributed by atoms with E-state index in [2.05, 4.69) is 51.7 Å². The van der Waals surface area contributed by atoms with E-state index in [1.807, 2.05) is 0 Å². The first-order valence-corrected chi connectivity index (χ1v) is 8.28. The largest absolute Gasteiger partial charge is 0.304 e. The minimum absolute atomic E-state index is 0.439. The topological polar surface area (TPSA) is 12.0 Å². The van der Waals surface area contributed by atoms with E-state index < -0.39 is 0 Å². The third-order valence-electron chi connectivity index (χ3n) is 2.51. The van der Waals surface area contributed by atoms with E-state index in [4.69, 9.17) is 11.6 Å². The minimum atomic E-state index is 0.439.